The maximum absolute atomic E-state index is 12.8. The number of likely N-dealkylation sites (N-methyl/N-ethyl adjacent to an activating group) is 1. The highest BCUT2D eigenvalue weighted by molar-refractivity contribution is 5.99. The molecule has 0 unspecified atom stereocenters. The number of para-hydroxylation sites is 2. The predicted octanol–water partition coefficient (Wildman–Crippen LogP) is 2.45. The van der Waals surface area contributed by atoms with Crippen molar-refractivity contribution in [1.82, 2.24) is 14.9 Å². The second-order valence-corrected chi connectivity index (χ2v) is 6.59. The SMILES string of the molecule is CN(Cc1nc(N)c2ccccc2n1)[C@H]1CCN(c2ccccc2)C1=O. The number of carbonyl (C=O) groups excluding carboxylic acids is 1. The number of nitrogens with two attached hydrogens (primary N) is 1. The van der Waals surface area contributed by atoms with Crippen LogP contribution in [0.4, 0.5) is 11.5 Å². The molecule has 26 heavy (non-hydrogen) atoms. The molecule has 1 atom stereocenters. The Balaban J connectivity index is 1.52. The molecule has 2 aromatic carbocycles. The largest absolute Gasteiger partial charge is 0.383 e. The van der Waals surface area contributed by atoms with Gasteiger partial charge in [-0.05, 0) is 37.7 Å². The van der Waals surface area contributed by atoms with Gasteiger partial charge in [-0.25, -0.2) is 9.97 Å². The normalized spacial score (nSPS) is 17.4. The Labute approximate surface area is 152 Å². The van der Waals surface area contributed by atoms with Crippen LogP contribution < -0.4 is 10.6 Å². The summed E-state index contributed by atoms with van der Waals surface area (Å²) in [6, 6.07) is 17.3. The summed E-state index contributed by atoms with van der Waals surface area (Å²) in [7, 11) is 1.94. The fourth-order valence-electron chi connectivity index (χ4n) is 3.49. The van der Waals surface area contributed by atoms with Crippen LogP contribution in [0.5, 0.6) is 0 Å². The third-order valence-electron chi connectivity index (χ3n) is 4.85. The summed E-state index contributed by atoms with van der Waals surface area (Å²) >= 11 is 0. The molecule has 1 saturated heterocycles. The molecule has 6 heteroatoms. The van der Waals surface area contributed by atoms with Crippen LogP contribution in [0.2, 0.25) is 0 Å². The zero-order valence-electron chi connectivity index (χ0n) is 14.7. The van der Waals surface area contributed by atoms with Gasteiger partial charge in [-0.2, -0.15) is 0 Å². The first kappa shape index (κ1) is 16.5. The Morgan fingerprint density at radius 2 is 1.85 bits per heavy atom. The number of rotatable bonds is 4. The fraction of sp³-hybridized carbons (Fsp3) is 0.250. The van der Waals surface area contributed by atoms with Gasteiger partial charge < -0.3 is 10.6 Å². The summed E-state index contributed by atoms with van der Waals surface area (Å²) in [5.74, 6) is 1.23. The first-order valence-corrected chi connectivity index (χ1v) is 8.71. The van der Waals surface area contributed by atoms with Crippen LogP contribution in [0.3, 0.4) is 0 Å². The smallest absolute Gasteiger partial charge is 0.244 e. The van der Waals surface area contributed by atoms with Gasteiger partial charge in [0.1, 0.15) is 11.6 Å². The monoisotopic (exact) mass is 347 g/mol. The number of carbonyl (C=O) groups is 1. The van der Waals surface area contributed by atoms with Gasteiger partial charge in [-0.3, -0.25) is 9.69 Å². The molecule has 132 valence electrons. The van der Waals surface area contributed by atoms with Crippen LogP contribution in [0.15, 0.2) is 54.6 Å². The van der Waals surface area contributed by atoms with Gasteiger partial charge in [0.15, 0.2) is 0 Å². The van der Waals surface area contributed by atoms with Gasteiger partial charge in [0, 0.05) is 17.6 Å². The molecule has 1 aromatic heterocycles. The van der Waals surface area contributed by atoms with Gasteiger partial charge in [0.05, 0.1) is 18.1 Å². The Morgan fingerprint density at radius 1 is 1.12 bits per heavy atom. The molecule has 6 nitrogen and oxygen atoms in total. The first-order valence-electron chi connectivity index (χ1n) is 8.71. The van der Waals surface area contributed by atoms with Gasteiger partial charge in [-0.15, -0.1) is 0 Å². The molecule has 3 aromatic rings. The molecule has 2 heterocycles. The second kappa shape index (κ2) is 6.72. The Morgan fingerprint density at radius 3 is 2.65 bits per heavy atom. The number of nitrogen functional groups attached to an aromatic ring is 1. The van der Waals surface area contributed by atoms with Crippen molar-refractivity contribution in [2.24, 2.45) is 0 Å². The summed E-state index contributed by atoms with van der Waals surface area (Å²) < 4.78 is 0. The van der Waals surface area contributed by atoms with Gasteiger partial charge >= 0.3 is 0 Å². The number of nitrogens with zero attached hydrogens (tertiary/aromatic N) is 4. The van der Waals surface area contributed by atoms with E-state index in [-0.39, 0.29) is 11.9 Å². The summed E-state index contributed by atoms with van der Waals surface area (Å²) in [6.07, 6.45) is 0.785. The van der Waals surface area contributed by atoms with E-state index >= 15 is 0 Å². The quantitative estimate of drug-likeness (QED) is 0.785. The van der Waals surface area contributed by atoms with E-state index < -0.39 is 0 Å². The highest BCUT2D eigenvalue weighted by Gasteiger charge is 2.35. The Bertz CT molecular complexity index is 943. The summed E-state index contributed by atoms with van der Waals surface area (Å²) in [5.41, 5.74) is 7.84. The molecule has 1 aliphatic heterocycles. The average molecular weight is 347 g/mol. The molecule has 1 aliphatic rings. The van der Waals surface area contributed by atoms with E-state index in [2.05, 4.69) is 9.97 Å². The third-order valence-corrected chi connectivity index (χ3v) is 4.85. The topological polar surface area (TPSA) is 75.4 Å². The lowest BCUT2D eigenvalue weighted by molar-refractivity contribution is -0.121. The minimum atomic E-state index is -0.175. The molecule has 0 spiro atoms. The molecule has 1 amide bonds. The van der Waals surface area contributed by atoms with Crippen LogP contribution >= 0.6 is 0 Å². The van der Waals surface area contributed by atoms with E-state index in [1.54, 1.807) is 0 Å². The number of benzene rings is 2. The number of fused-ring (bicyclic) bond motifs is 1. The molecular formula is C20H21N5O. The predicted molar refractivity (Wildman–Crippen MR) is 103 cm³/mol. The Kier molecular flexibility index (Phi) is 4.26. The third kappa shape index (κ3) is 2.99. The number of hydrogen-bond acceptors (Lipinski definition) is 5. The maximum atomic E-state index is 12.8. The minimum Gasteiger partial charge on any atom is -0.383 e. The Hall–Kier alpha value is -2.99. The lowest BCUT2D eigenvalue weighted by Crippen LogP contribution is -2.39. The standard InChI is InChI=1S/C20H21N5O/c1-24(13-18-22-16-10-6-5-9-15(16)19(21)23-18)17-11-12-25(20(17)26)14-7-3-2-4-8-14/h2-10,17H,11-13H2,1H3,(H2,21,22,23)/t17-/m0/s1. The molecule has 0 aliphatic carbocycles. The van der Waals surface area contributed by atoms with Crippen molar-refractivity contribution in [1.29, 1.82) is 0 Å². The van der Waals surface area contributed by atoms with Crippen molar-refractivity contribution in [3.05, 3.63) is 60.4 Å². The minimum absolute atomic E-state index is 0.118. The zero-order valence-corrected chi connectivity index (χ0v) is 14.7. The maximum Gasteiger partial charge on any atom is 0.244 e. The molecule has 0 radical (unpaired) electrons. The van der Waals surface area contributed by atoms with Crippen LogP contribution in [0.25, 0.3) is 10.9 Å². The van der Waals surface area contributed by atoms with Crippen LogP contribution in [0, 0.1) is 0 Å². The molecule has 2 N–H and O–H groups in total. The van der Waals surface area contributed by atoms with Crippen LogP contribution in [-0.4, -0.2) is 40.4 Å². The van der Waals surface area contributed by atoms with Gasteiger partial charge in [0.25, 0.3) is 0 Å². The van der Waals surface area contributed by atoms with E-state index in [0.29, 0.717) is 18.2 Å². The highest BCUT2D eigenvalue weighted by atomic mass is 16.2. The van der Waals surface area contributed by atoms with Crippen molar-refractivity contribution >= 4 is 28.3 Å². The van der Waals surface area contributed by atoms with Gasteiger partial charge in [-0.1, -0.05) is 30.3 Å². The van der Waals surface area contributed by atoms with E-state index in [1.807, 2.05) is 71.4 Å². The zero-order chi connectivity index (χ0) is 18.1. The second-order valence-electron chi connectivity index (χ2n) is 6.59. The van der Waals surface area contributed by atoms with Crippen molar-refractivity contribution in [3.63, 3.8) is 0 Å². The van der Waals surface area contributed by atoms with E-state index in [4.69, 9.17) is 5.73 Å². The van der Waals surface area contributed by atoms with Crippen molar-refractivity contribution < 1.29 is 4.79 Å². The number of anilines is 2. The van der Waals surface area contributed by atoms with E-state index in [0.717, 1.165) is 29.6 Å². The van der Waals surface area contributed by atoms with E-state index in [1.165, 1.54) is 0 Å². The number of aromatic nitrogens is 2. The van der Waals surface area contributed by atoms with Crippen LogP contribution in [0.1, 0.15) is 12.2 Å². The number of amides is 1. The van der Waals surface area contributed by atoms with Gasteiger partial charge in [0.2, 0.25) is 5.91 Å². The van der Waals surface area contributed by atoms with Crippen molar-refractivity contribution in [2.45, 2.75) is 19.0 Å². The van der Waals surface area contributed by atoms with Crippen LogP contribution in [-0.2, 0) is 11.3 Å². The lowest BCUT2D eigenvalue weighted by Gasteiger charge is -2.23. The van der Waals surface area contributed by atoms with E-state index in [9.17, 15) is 4.79 Å². The molecule has 0 bridgehead atoms. The highest BCUT2D eigenvalue weighted by Crippen LogP contribution is 2.24. The molecule has 1 fully saturated rings. The molecule has 0 saturated carbocycles. The summed E-state index contributed by atoms with van der Waals surface area (Å²) in [6.45, 7) is 1.20. The number of hydrogen-bond donors (Lipinski definition) is 1. The lowest BCUT2D eigenvalue weighted by atomic mass is 10.2. The van der Waals surface area contributed by atoms with Crippen molar-refractivity contribution in [3.8, 4) is 0 Å². The average Bonchev–Trinajstić information content (AvgIpc) is 3.04. The molecule has 4 rings (SSSR count). The van der Waals surface area contributed by atoms with Crippen molar-refractivity contribution in [2.75, 3.05) is 24.2 Å². The first-order chi connectivity index (χ1) is 12.6. The summed E-state index contributed by atoms with van der Waals surface area (Å²) in [5, 5.41) is 0.853. The summed E-state index contributed by atoms with van der Waals surface area (Å²) in [4.78, 5) is 25.7. The molecular weight excluding hydrogens is 326 g/mol. The fourth-order valence-corrected chi connectivity index (χ4v) is 3.49.